The van der Waals surface area contributed by atoms with Crippen LogP contribution in [-0.4, -0.2) is 28.6 Å². The zero-order chi connectivity index (χ0) is 15.1. The monoisotopic (exact) mass is 392 g/mol. The van der Waals surface area contributed by atoms with E-state index in [1.54, 1.807) is 0 Å². The van der Waals surface area contributed by atoms with Crippen molar-refractivity contribution in [3.63, 3.8) is 0 Å². The van der Waals surface area contributed by atoms with Crippen LogP contribution in [0.2, 0.25) is 0 Å². The quantitative estimate of drug-likeness (QED) is 0.216. The number of quaternary nitrogens is 6. The molecule has 154 valence electrons. The standard InChI is InChI=1S/C6H8O7.6H3N.H3O4P/c7-3(8)1-6(13,5(11)12)2-4(9)10;;;;;;;1-5(2,3)4/h13H,1-2H2,(H,7,8)(H,9,10)(H,11,12);6*1H3;(H3,1,2,3,4). The van der Waals surface area contributed by atoms with Gasteiger partial charge in [-0.05, 0) is 0 Å². The molecule has 0 amide bonds. The van der Waals surface area contributed by atoms with Gasteiger partial charge in [-0.2, -0.15) is 7.82 Å². The molecule has 0 atom stereocenters. The SMILES string of the molecule is O=C([O-])CC(O)(CC(=O)[O-])C(=O)[O-].O=P([O-])([O-])[O-].[NH4+].[NH4+].[NH4+].[NH4+].[NH4+].[NH4+]. The van der Waals surface area contributed by atoms with Crippen molar-refractivity contribution < 1.29 is 54.1 Å². The van der Waals surface area contributed by atoms with Crippen LogP contribution in [0.25, 0.3) is 0 Å². The first-order valence-corrected chi connectivity index (χ1v) is 5.30. The van der Waals surface area contributed by atoms with Gasteiger partial charge in [0.25, 0.3) is 0 Å². The predicted molar refractivity (Wildman–Crippen MR) is 72.7 cm³/mol. The second kappa shape index (κ2) is 19.3. The summed E-state index contributed by atoms with van der Waals surface area (Å²) in [5.41, 5.74) is -2.97. The number of aliphatic hydroxyl groups is 1. The molecule has 0 spiro atoms. The van der Waals surface area contributed by atoms with Crippen molar-refractivity contribution in [3.8, 4) is 0 Å². The minimum atomic E-state index is -5.39. The summed E-state index contributed by atoms with van der Waals surface area (Å²) in [7, 11) is -5.39. The average molecular weight is 392 g/mol. The van der Waals surface area contributed by atoms with Crippen LogP contribution in [0, 0.1) is 0 Å². The zero-order valence-electron chi connectivity index (χ0n) is 14.4. The number of carboxylic acid groups (broad SMARTS) is 3. The van der Waals surface area contributed by atoms with Crippen LogP contribution in [-0.2, 0) is 18.9 Å². The van der Waals surface area contributed by atoms with E-state index in [1.165, 1.54) is 0 Å². The highest BCUT2D eigenvalue weighted by Gasteiger charge is 2.29. The van der Waals surface area contributed by atoms with Crippen LogP contribution in [0.4, 0.5) is 0 Å². The molecule has 25 N–H and O–H groups in total. The minimum Gasteiger partial charge on any atom is -0.822 e. The Balaban J connectivity index is -0.0000000347. The van der Waals surface area contributed by atoms with Gasteiger partial charge in [-0.1, -0.05) is 0 Å². The number of hydrogen-bond donors (Lipinski definition) is 7. The summed E-state index contributed by atoms with van der Waals surface area (Å²) in [6.07, 6.45) is -2.72. The fourth-order valence-corrected chi connectivity index (χ4v) is 0.684. The van der Waals surface area contributed by atoms with Gasteiger partial charge in [-0.25, -0.2) is 0 Å². The molecule has 0 unspecified atom stereocenters. The van der Waals surface area contributed by atoms with Gasteiger partial charge in [-0.15, -0.1) is 0 Å². The lowest BCUT2D eigenvalue weighted by atomic mass is 9.96. The molecule has 0 aliphatic rings. The molecule has 0 aliphatic heterocycles. The molecular weight excluding hydrogens is 363 g/mol. The summed E-state index contributed by atoms with van der Waals surface area (Å²) >= 11 is 0. The number of phosphoric acid groups is 1. The lowest BCUT2D eigenvalue weighted by Crippen LogP contribution is -2.54. The van der Waals surface area contributed by atoms with E-state index < -0.39 is 44.2 Å². The van der Waals surface area contributed by atoms with Gasteiger partial charge < -0.3 is 91.0 Å². The highest BCUT2D eigenvalue weighted by Crippen LogP contribution is 2.13. The molecule has 0 rings (SSSR count). The fraction of sp³-hybridized carbons (Fsp3) is 0.500. The van der Waals surface area contributed by atoms with Crippen LogP contribution in [0.15, 0.2) is 0 Å². The first kappa shape index (κ1) is 49.5. The van der Waals surface area contributed by atoms with Crippen LogP contribution in [0.1, 0.15) is 12.8 Å². The van der Waals surface area contributed by atoms with E-state index in [9.17, 15) is 29.7 Å². The van der Waals surface area contributed by atoms with Gasteiger partial charge in [-0.3, -0.25) is 0 Å². The zero-order valence-corrected chi connectivity index (χ0v) is 15.3. The summed E-state index contributed by atoms with van der Waals surface area (Å²) in [5, 5.41) is 38.9. The van der Waals surface area contributed by atoms with Crippen molar-refractivity contribution >= 4 is 25.7 Å². The topological polar surface area (TPSA) is 446 Å². The molecule has 0 saturated carbocycles. The Morgan fingerprint density at radius 1 is 0.750 bits per heavy atom. The third-order valence-corrected chi connectivity index (χ3v) is 1.25. The van der Waals surface area contributed by atoms with E-state index >= 15 is 0 Å². The molecule has 24 heavy (non-hydrogen) atoms. The molecule has 0 saturated heterocycles. The maximum Gasteiger partial charge on any atom is 0.114 e. The van der Waals surface area contributed by atoms with Gasteiger partial charge in [0.05, 0.1) is 5.97 Å². The summed E-state index contributed by atoms with van der Waals surface area (Å²) in [4.78, 5) is 55.6. The minimum absolute atomic E-state index is 0. The number of carbonyl (C=O) groups excluding carboxylic acids is 3. The van der Waals surface area contributed by atoms with Gasteiger partial charge in [0.2, 0.25) is 0 Å². The lowest BCUT2D eigenvalue weighted by molar-refractivity contribution is -0.432. The Morgan fingerprint density at radius 3 is 1.00 bits per heavy atom. The number of rotatable bonds is 5. The van der Waals surface area contributed by atoms with Gasteiger partial charge >= 0.3 is 0 Å². The molecule has 0 aromatic rings. The van der Waals surface area contributed by atoms with Crippen molar-refractivity contribution in [1.82, 2.24) is 36.9 Å². The fourth-order valence-electron chi connectivity index (χ4n) is 0.684. The van der Waals surface area contributed by atoms with Crippen molar-refractivity contribution in [2.75, 3.05) is 0 Å². The van der Waals surface area contributed by atoms with Gasteiger partial charge in [0.1, 0.15) is 5.60 Å². The molecule has 0 aromatic carbocycles. The number of aliphatic carboxylic acids is 3. The molecule has 0 heterocycles. The lowest BCUT2D eigenvalue weighted by Gasteiger charge is -2.36. The van der Waals surface area contributed by atoms with E-state index in [2.05, 4.69) is 0 Å². The van der Waals surface area contributed by atoms with E-state index in [0.717, 1.165) is 0 Å². The van der Waals surface area contributed by atoms with Crippen molar-refractivity contribution in [1.29, 1.82) is 0 Å². The summed E-state index contributed by atoms with van der Waals surface area (Å²) < 4.78 is 8.55. The molecule has 18 heteroatoms. The summed E-state index contributed by atoms with van der Waals surface area (Å²) in [5.74, 6) is -5.98. The van der Waals surface area contributed by atoms with Crippen molar-refractivity contribution in [3.05, 3.63) is 0 Å². The van der Waals surface area contributed by atoms with Crippen LogP contribution < -0.4 is 66.9 Å². The summed E-state index contributed by atoms with van der Waals surface area (Å²) in [6.45, 7) is 0. The van der Waals surface area contributed by atoms with Crippen molar-refractivity contribution in [2.24, 2.45) is 0 Å². The largest absolute Gasteiger partial charge is 0.822 e. The molecule has 0 radical (unpaired) electrons. The third-order valence-electron chi connectivity index (χ3n) is 1.25. The maximum absolute atomic E-state index is 10.1. The van der Waals surface area contributed by atoms with Crippen LogP contribution in [0.3, 0.4) is 0 Å². The Labute approximate surface area is 136 Å². The Bertz CT molecular complexity index is 363. The predicted octanol–water partition coefficient (Wildman–Crippen LogP) is -5.82. The third kappa shape index (κ3) is 36.9. The first-order chi connectivity index (χ1) is 7.78. The van der Waals surface area contributed by atoms with E-state index in [0.29, 0.717) is 0 Å². The molecule has 0 aliphatic carbocycles. The maximum atomic E-state index is 10.1. The Kier molecular flexibility index (Phi) is 39.8. The molecule has 0 fully saturated rings. The normalized spacial score (nSPS) is 8.33. The van der Waals surface area contributed by atoms with Gasteiger partial charge in [0, 0.05) is 24.8 Å². The molecular formula is C6H29N6O11P. The highest BCUT2D eigenvalue weighted by atomic mass is 31.2. The van der Waals surface area contributed by atoms with Crippen molar-refractivity contribution in [2.45, 2.75) is 18.4 Å². The second-order valence-corrected chi connectivity index (χ2v) is 3.76. The number of carbonyl (C=O) groups is 3. The molecule has 0 bridgehead atoms. The van der Waals surface area contributed by atoms with E-state index in [4.69, 9.17) is 24.4 Å². The first-order valence-electron chi connectivity index (χ1n) is 3.84. The summed E-state index contributed by atoms with van der Waals surface area (Å²) in [6, 6.07) is 0. The Hall–Kier alpha value is -1.76. The molecule has 0 aromatic heterocycles. The van der Waals surface area contributed by atoms with E-state index in [-0.39, 0.29) is 36.9 Å². The average Bonchev–Trinajstić information content (AvgIpc) is 1.95. The van der Waals surface area contributed by atoms with Crippen LogP contribution >= 0.6 is 7.82 Å². The highest BCUT2D eigenvalue weighted by molar-refractivity contribution is 7.40. The number of carboxylic acids is 3. The number of hydrogen-bond acceptors (Lipinski definition) is 11. The Morgan fingerprint density at radius 2 is 0.917 bits per heavy atom. The smallest absolute Gasteiger partial charge is 0.114 e. The van der Waals surface area contributed by atoms with E-state index in [1.807, 2.05) is 0 Å². The van der Waals surface area contributed by atoms with Gasteiger partial charge in [0.15, 0.2) is 0 Å². The molecule has 17 nitrogen and oxygen atoms in total. The van der Waals surface area contributed by atoms with Crippen LogP contribution in [0.5, 0.6) is 0 Å². The second-order valence-electron chi connectivity index (χ2n) is 2.86.